The number of hydrogen-bond acceptors (Lipinski definition) is 3. The molecule has 1 unspecified atom stereocenters. The van der Waals surface area contributed by atoms with Gasteiger partial charge in [-0.15, -0.1) is 0 Å². The monoisotopic (exact) mass is 248 g/mol. The van der Waals surface area contributed by atoms with Gasteiger partial charge in [-0.05, 0) is 31.4 Å². The Hall–Kier alpha value is -1.35. The van der Waals surface area contributed by atoms with Gasteiger partial charge in [-0.25, -0.2) is 0 Å². The molecule has 98 valence electrons. The molecule has 0 aliphatic carbocycles. The lowest BCUT2D eigenvalue weighted by Gasteiger charge is -2.21. The van der Waals surface area contributed by atoms with Gasteiger partial charge in [0.15, 0.2) is 5.78 Å². The Morgan fingerprint density at radius 2 is 2.28 bits per heavy atom. The number of carbonyl (C=O) groups is 1. The van der Waals surface area contributed by atoms with Crippen molar-refractivity contribution in [1.82, 2.24) is 0 Å². The molecule has 3 heteroatoms. The second-order valence-corrected chi connectivity index (χ2v) is 4.62. The highest BCUT2D eigenvalue weighted by atomic mass is 16.5. The molecule has 1 fully saturated rings. The predicted octanol–water partition coefficient (Wildman–Crippen LogP) is 3.08. The van der Waals surface area contributed by atoms with E-state index in [-0.39, 0.29) is 11.7 Å². The van der Waals surface area contributed by atoms with E-state index in [9.17, 15) is 4.79 Å². The minimum Gasteiger partial charge on any atom is -0.493 e. The quantitative estimate of drug-likeness (QED) is 0.751. The topological polar surface area (TPSA) is 35.5 Å². The average Bonchev–Trinajstić information content (AvgIpc) is 2.45. The van der Waals surface area contributed by atoms with Crippen molar-refractivity contribution in [2.45, 2.75) is 26.2 Å². The van der Waals surface area contributed by atoms with E-state index >= 15 is 0 Å². The number of Topliss-reactive ketones (excluding diaryl/α,β-unsaturated/α-hetero) is 1. The molecule has 0 spiro atoms. The van der Waals surface area contributed by atoms with Crippen molar-refractivity contribution in [2.75, 3.05) is 19.8 Å². The maximum atomic E-state index is 12.4. The fraction of sp³-hybridized carbons (Fsp3) is 0.533. The van der Waals surface area contributed by atoms with E-state index in [1.807, 2.05) is 24.3 Å². The van der Waals surface area contributed by atoms with Gasteiger partial charge in [0.1, 0.15) is 5.75 Å². The fourth-order valence-electron chi connectivity index (χ4n) is 2.18. The van der Waals surface area contributed by atoms with Gasteiger partial charge in [0.2, 0.25) is 0 Å². The molecule has 1 aliphatic rings. The average molecular weight is 248 g/mol. The molecule has 1 saturated heterocycles. The molecule has 0 saturated carbocycles. The van der Waals surface area contributed by atoms with Crippen molar-refractivity contribution in [2.24, 2.45) is 5.92 Å². The van der Waals surface area contributed by atoms with Crippen LogP contribution in [0.5, 0.6) is 5.75 Å². The van der Waals surface area contributed by atoms with E-state index in [2.05, 4.69) is 6.92 Å². The summed E-state index contributed by atoms with van der Waals surface area (Å²) in [5.41, 5.74) is 0.696. The first-order valence-electron chi connectivity index (χ1n) is 6.66. The van der Waals surface area contributed by atoms with E-state index in [0.717, 1.165) is 25.9 Å². The molecule has 1 aliphatic heterocycles. The fourth-order valence-corrected chi connectivity index (χ4v) is 2.18. The third kappa shape index (κ3) is 3.10. The summed E-state index contributed by atoms with van der Waals surface area (Å²) in [6, 6.07) is 7.50. The first-order valence-corrected chi connectivity index (χ1v) is 6.66. The van der Waals surface area contributed by atoms with Crippen molar-refractivity contribution in [3.63, 3.8) is 0 Å². The second kappa shape index (κ2) is 6.55. The molecular weight excluding hydrogens is 228 g/mol. The third-order valence-electron chi connectivity index (χ3n) is 3.15. The summed E-state index contributed by atoms with van der Waals surface area (Å²) < 4.78 is 11.0. The Morgan fingerprint density at radius 3 is 3.00 bits per heavy atom. The molecule has 1 atom stereocenters. The molecular formula is C15H20O3. The van der Waals surface area contributed by atoms with E-state index in [1.54, 1.807) is 0 Å². The van der Waals surface area contributed by atoms with Gasteiger partial charge in [0.05, 0.1) is 18.8 Å². The van der Waals surface area contributed by atoms with Crippen LogP contribution in [-0.2, 0) is 4.74 Å². The molecule has 2 rings (SSSR count). The van der Waals surface area contributed by atoms with Crippen molar-refractivity contribution < 1.29 is 14.3 Å². The molecule has 0 amide bonds. The highest BCUT2D eigenvalue weighted by Crippen LogP contribution is 2.25. The number of benzene rings is 1. The largest absolute Gasteiger partial charge is 0.493 e. The number of carbonyl (C=O) groups excluding carboxylic acids is 1. The minimum atomic E-state index is -0.00914. The summed E-state index contributed by atoms with van der Waals surface area (Å²) in [4.78, 5) is 12.4. The van der Waals surface area contributed by atoms with Crippen LogP contribution in [0.3, 0.4) is 0 Å². The van der Waals surface area contributed by atoms with Crippen molar-refractivity contribution in [3.8, 4) is 5.75 Å². The van der Waals surface area contributed by atoms with Gasteiger partial charge >= 0.3 is 0 Å². The number of hydrogen-bond donors (Lipinski definition) is 0. The molecule has 1 aromatic rings. The molecule has 0 aromatic heterocycles. The van der Waals surface area contributed by atoms with Gasteiger partial charge in [-0.3, -0.25) is 4.79 Å². The Balaban J connectivity index is 2.12. The Morgan fingerprint density at radius 1 is 1.44 bits per heavy atom. The van der Waals surface area contributed by atoms with Crippen LogP contribution >= 0.6 is 0 Å². The van der Waals surface area contributed by atoms with E-state index in [0.29, 0.717) is 24.5 Å². The van der Waals surface area contributed by atoms with Crippen LogP contribution < -0.4 is 4.74 Å². The Labute approximate surface area is 108 Å². The molecule has 1 heterocycles. The van der Waals surface area contributed by atoms with Crippen LogP contribution in [0.2, 0.25) is 0 Å². The van der Waals surface area contributed by atoms with Crippen LogP contribution in [-0.4, -0.2) is 25.6 Å². The zero-order valence-electron chi connectivity index (χ0n) is 10.9. The lowest BCUT2D eigenvalue weighted by Crippen LogP contribution is -2.25. The summed E-state index contributed by atoms with van der Waals surface area (Å²) in [6.07, 6.45) is 2.82. The molecule has 3 nitrogen and oxygen atoms in total. The van der Waals surface area contributed by atoms with Crippen LogP contribution in [0.4, 0.5) is 0 Å². The zero-order chi connectivity index (χ0) is 12.8. The summed E-state index contributed by atoms with van der Waals surface area (Å²) in [5.74, 6) is 0.849. The number of rotatable bonds is 5. The standard InChI is InChI=1S/C15H20O3/c1-2-9-18-14-8-4-3-7-13(14)15(16)12-6-5-10-17-11-12/h3-4,7-8,12H,2,5-6,9-11H2,1H3. The molecule has 0 N–H and O–H groups in total. The third-order valence-corrected chi connectivity index (χ3v) is 3.15. The first-order chi connectivity index (χ1) is 8.83. The summed E-state index contributed by atoms with van der Waals surface area (Å²) in [6.45, 7) is 4.02. The predicted molar refractivity (Wildman–Crippen MR) is 70.1 cm³/mol. The van der Waals surface area contributed by atoms with Gasteiger partial charge in [0, 0.05) is 12.5 Å². The summed E-state index contributed by atoms with van der Waals surface area (Å²) in [7, 11) is 0. The Kier molecular flexibility index (Phi) is 4.76. The lowest BCUT2D eigenvalue weighted by atomic mass is 9.92. The van der Waals surface area contributed by atoms with Crippen molar-refractivity contribution in [1.29, 1.82) is 0 Å². The minimum absolute atomic E-state index is 0.00914. The SMILES string of the molecule is CCCOc1ccccc1C(=O)C1CCCOC1. The lowest BCUT2D eigenvalue weighted by molar-refractivity contribution is 0.0459. The number of ketones is 1. The van der Waals surface area contributed by atoms with E-state index in [4.69, 9.17) is 9.47 Å². The summed E-state index contributed by atoms with van der Waals surface area (Å²) in [5, 5.41) is 0. The van der Waals surface area contributed by atoms with Gasteiger partial charge in [0.25, 0.3) is 0 Å². The number of para-hydroxylation sites is 1. The normalized spacial score (nSPS) is 19.5. The van der Waals surface area contributed by atoms with Gasteiger partial charge in [-0.2, -0.15) is 0 Å². The van der Waals surface area contributed by atoms with Crippen molar-refractivity contribution in [3.05, 3.63) is 29.8 Å². The Bertz CT molecular complexity index is 394. The maximum Gasteiger partial charge on any atom is 0.171 e. The molecule has 0 radical (unpaired) electrons. The second-order valence-electron chi connectivity index (χ2n) is 4.62. The number of ether oxygens (including phenoxy) is 2. The van der Waals surface area contributed by atoms with Crippen LogP contribution in [0.25, 0.3) is 0 Å². The van der Waals surface area contributed by atoms with E-state index < -0.39 is 0 Å². The molecule has 0 bridgehead atoms. The molecule has 1 aromatic carbocycles. The van der Waals surface area contributed by atoms with E-state index in [1.165, 1.54) is 0 Å². The highest BCUT2D eigenvalue weighted by Gasteiger charge is 2.25. The summed E-state index contributed by atoms with van der Waals surface area (Å²) >= 11 is 0. The van der Waals surface area contributed by atoms with Crippen LogP contribution in [0.1, 0.15) is 36.5 Å². The van der Waals surface area contributed by atoms with Gasteiger partial charge < -0.3 is 9.47 Å². The highest BCUT2D eigenvalue weighted by molar-refractivity contribution is 6.00. The van der Waals surface area contributed by atoms with Crippen LogP contribution in [0, 0.1) is 5.92 Å². The zero-order valence-corrected chi connectivity index (χ0v) is 10.9. The maximum absolute atomic E-state index is 12.4. The smallest absolute Gasteiger partial charge is 0.171 e. The van der Waals surface area contributed by atoms with Gasteiger partial charge in [-0.1, -0.05) is 19.1 Å². The first kappa shape index (κ1) is 13.1. The van der Waals surface area contributed by atoms with Crippen LogP contribution in [0.15, 0.2) is 24.3 Å². The van der Waals surface area contributed by atoms with Crippen molar-refractivity contribution >= 4 is 5.78 Å². The molecule has 18 heavy (non-hydrogen) atoms.